The van der Waals surface area contributed by atoms with Crippen LogP contribution in [0.1, 0.15) is 31.8 Å². The first-order valence-corrected chi connectivity index (χ1v) is 9.97. The summed E-state index contributed by atoms with van der Waals surface area (Å²) >= 11 is 6.09. The fourth-order valence-electron chi connectivity index (χ4n) is 3.51. The van der Waals surface area contributed by atoms with Crippen LogP contribution in [-0.2, 0) is 6.18 Å². The van der Waals surface area contributed by atoms with Gasteiger partial charge >= 0.3 is 12.2 Å². The molecular formula is C23H15ClF3N3O3. The third-order valence-electron chi connectivity index (χ3n) is 5.01. The van der Waals surface area contributed by atoms with Crippen LogP contribution in [0, 0.1) is 6.92 Å². The van der Waals surface area contributed by atoms with E-state index < -0.39 is 29.6 Å². The molecule has 10 heteroatoms. The van der Waals surface area contributed by atoms with Crippen LogP contribution in [0.5, 0.6) is 0 Å². The summed E-state index contributed by atoms with van der Waals surface area (Å²) in [6.45, 7) is 1.65. The van der Waals surface area contributed by atoms with Gasteiger partial charge in [0.2, 0.25) is 0 Å². The molecular weight excluding hydrogens is 459 g/mol. The summed E-state index contributed by atoms with van der Waals surface area (Å²) in [5.41, 5.74) is 0.565. The van der Waals surface area contributed by atoms with Crippen molar-refractivity contribution >= 4 is 46.5 Å². The maximum atomic E-state index is 12.8. The van der Waals surface area contributed by atoms with Gasteiger partial charge in [0, 0.05) is 11.4 Å². The van der Waals surface area contributed by atoms with Gasteiger partial charge in [-0.1, -0.05) is 23.7 Å². The van der Waals surface area contributed by atoms with Crippen molar-refractivity contribution in [3.05, 3.63) is 87.9 Å². The summed E-state index contributed by atoms with van der Waals surface area (Å²) in [6, 6.07) is 12.6. The average molecular weight is 474 g/mol. The molecule has 0 aliphatic carbocycles. The van der Waals surface area contributed by atoms with E-state index >= 15 is 0 Å². The smallest absolute Gasteiger partial charge is 0.308 e. The van der Waals surface area contributed by atoms with Crippen molar-refractivity contribution in [2.45, 2.75) is 13.1 Å². The monoisotopic (exact) mass is 473 g/mol. The normalized spacial score (nSPS) is 13.2. The molecule has 4 rings (SSSR count). The van der Waals surface area contributed by atoms with Crippen LogP contribution in [0.25, 0.3) is 0 Å². The number of nitrogens with zero attached hydrogens (tertiary/aromatic N) is 1. The van der Waals surface area contributed by atoms with E-state index in [9.17, 15) is 27.6 Å². The quantitative estimate of drug-likeness (QED) is 0.450. The summed E-state index contributed by atoms with van der Waals surface area (Å²) in [4.78, 5) is 38.8. The topological polar surface area (TPSA) is 78.5 Å². The number of halogens is 4. The third kappa shape index (κ3) is 4.27. The van der Waals surface area contributed by atoms with E-state index in [2.05, 4.69) is 10.6 Å². The lowest BCUT2D eigenvalue weighted by atomic mass is 10.1. The predicted molar refractivity (Wildman–Crippen MR) is 118 cm³/mol. The highest BCUT2D eigenvalue weighted by Crippen LogP contribution is 2.35. The van der Waals surface area contributed by atoms with E-state index in [4.69, 9.17) is 11.6 Å². The molecule has 0 radical (unpaired) electrons. The zero-order valence-electron chi connectivity index (χ0n) is 17.0. The van der Waals surface area contributed by atoms with Crippen LogP contribution in [0.2, 0.25) is 5.02 Å². The molecule has 0 bridgehead atoms. The zero-order chi connectivity index (χ0) is 23.9. The Labute approximate surface area is 191 Å². The molecule has 3 aromatic rings. The van der Waals surface area contributed by atoms with Crippen LogP contribution in [0.4, 0.5) is 35.0 Å². The Bertz CT molecular complexity index is 1310. The molecule has 0 aromatic heterocycles. The summed E-state index contributed by atoms with van der Waals surface area (Å²) in [7, 11) is 0. The van der Waals surface area contributed by atoms with Crippen molar-refractivity contribution in [1.82, 2.24) is 0 Å². The van der Waals surface area contributed by atoms with Gasteiger partial charge in [-0.25, -0.2) is 9.69 Å². The fourth-order valence-corrected chi connectivity index (χ4v) is 3.77. The largest absolute Gasteiger partial charge is 0.416 e. The number of imide groups is 1. The Balaban J connectivity index is 1.51. The Hall–Kier alpha value is -3.85. The lowest BCUT2D eigenvalue weighted by Gasteiger charge is -2.18. The molecule has 1 aliphatic heterocycles. The molecule has 0 saturated heterocycles. The number of rotatable bonds is 3. The molecule has 33 heavy (non-hydrogen) atoms. The number of hydrogen-bond acceptors (Lipinski definition) is 3. The minimum Gasteiger partial charge on any atom is -0.308 e. The number of hydrogen-bond donors (Lipinski definition) is 2. The molecule has 6 nitrogen and oxygen atoms in total. The van der Waals surface area contributed by atoms with E-state index in [-0.39, 0.29) is 21.8 Å². The van der Waals surface area contributed by atoms with Gasteiger partial charge in [0.05, 0.1) is 27.4 Å². The summed E-state index contributed by atoms with van der Waals surface area (Å²) in [5, 5.41) is 5.03. The molecule has 1 aliphatic rings. The van der Waals surface area contributed by atoms with Crippen LogP contribution in [-0.4, -0.2) is 17.8 Å². The number of carbonyl (C=O) groups excluding carboxylic acids is 3. The highest BCUT2D eigenvalue weighted by atomic mass is 35.5. The minimum absolute atomic E-state index is 0.0291. The van der Waals surface area contributed by atoms with Crippen molar-refractivity contribution in [2.24, 2.45) is 0 Å². The number of fused-ring (bicyclic) bond motifs is 1. The standard InChI is InChI=1S/C23H15ClF3N3O3/c1-12-10-15(29-22(33)28-14-5-2-4-13(11-14)23(25,26)27)8-9-18(12)30-20(31)16-6-3-7-17(24)19(16)21(30)32/h2-11H,1H3,(H2,28,29,33). The predicted octanol–water partition coefficient (Wildman–Crippen LogP) is 6.11. The lowest BCUT2D eigenvalue weighted by molar-refractivity contribution is -0.137. The van der Waals surface area contributed by atoms with E-state index in [1.807, 2.05) is 0 Å². The van der Waals surface area contributed by atoms with Gasteiger partial charge in [0.1, 0.15) is 0 Å². The highest BCUT2D eigenvalue weighted by Gasteiger charge is 2.38. The first-order chi connectivity index (χ1) is 15.6. The van der Waals surface area contributed by atoms with Gasteiger partial charge in [0.15, 0.2) is 0 Å². The number of alkyl halides is 3. The minimum atomic E-state index is -4.53. The van der Waals surface area contributed by atoms with Crippen molar-refractivity contribution in [1.29, 1.82) is 0 Å². The number of aryl methyl sites for hydroxylation is 1. The molecule has 168 valence electrons. The summed E-state index contributed by atoms with van der Waals surface area (Å²) in [6.07, 6.45) is -4.53. The molecule has 3 aromatic carbocycles. The molecule has 0 unspecified atom stereocenters. The van der Waals surface area contributed by atoms with Crippen molar-refractivity contribution < 1.29 is 27.6 Å². The number of carbonyl (C=O) groups is 3. The first kappa shape index (κ1) is 22.3. The zero-order valence-corrected chi connectivity index (χ0v) is 17.7. The SMILES string of the molecule is Cc1cc(NC(=O)Nc2cccc(C(F)(F)F)c2)ccc1N1C(=O)c2cccc(Cl)c2C1=O. The second-order valence-electron chi connectivity index (χ2n) is 7.27. The number of urea groups is 1. The molecule has 0 saturated carbocycles. The van der Waals surface area contributed by atoms with Gasteiger partial charge < -0.3 is 10.6 Å². The highest BCUT2D eigenvalue weighted by molar-refractivity contribution is 6.42. The molecule has 0 atom stereocenters. The number of amides is 4. The second kappa shape index (κ2) is 8.25. The molecule has 1 heterocycles. The van der Waals surface area contributed by atoms with Crippen LogP contribution in [0.3, 0.4) is 0 Å². The molecule has 2 N–H and O–H groups in total. The van der Waals surface area contributed by atoms with Crippen LogP contribution < -0.4 is 15.5 Å². The molecule has 0 fully saturated rings. The number of benzene rings is 3. The van der Waals surface area contributed by atoms with E-state index in [0.717, 1.165) is 17.0 Å². The van der Waals surface area contributed by atoms with Gasteiger partial charge in [-0.3, -0.25) is 9.59 Å². The van der Waals surface area contributed by atoms with E-state index in [1.165, 1.54) is 42.5 Å². The Kier molecular flexibility index (Phi) is 5.59. The number of anilines is 3. The Morgan fingerprint density at radius 1 is 0.909 bits per heavy atom. The van der Waals surface area contributed by atoms with Gasteiger partial charge in [0.25, 0.3) is 11.8 Å². The fraction of sp³-hybridized carbons (Fsp3) is 0.0870. The van der Waals surface area contributed by atoms with Crippen LogP contribution in [0.15, 0.2) is 60.7 Å². The van der Waals surface area contributed by atoms with Gasteiger partial charge in [-0.05, 0) is 61.0 Å². The number of nitrogens with one attached hydrogen (secondary N) is 2. The van der Waals surface area contributed by atoms with Gasteiger partial charge in [-0.15, -0.1) is 0 Å². The second-order valence-corrected chi connectivity index (χ2v) is 7.67. The van der Waals surface area contributed by atoms with Crippen LogP contribution >= 0.6 is 11.6 Å². The van der Waals surface area contributed by atoms with Crippen molar-refractivity contribution in [3.63, 3.8) is 0 Å². The lowest BCUT2D eigenvalue weighted by Crippen LogP contribution is -2.30. The first-order valence-electron chi connectivity index (χ1n) is 9.59. The Morgan fingerprint density at radius 3 is 2.21 bits per heavy atom. The average Bonchev–Trinajstić information content (AvgIpc) is 2.99. The van der Waals surface area contributed by atoms with E-state index in [0.29, 0.717) is 16.9 Å². The molecule has 0 spiro atoms. The van der Waals surface area contributed by atoms with E-state index in [1.54, 1.807) is 13.0 Å². The van der Waals surface area contributed by atoms with Crippen molar-refractivity contribution in [2.75, 3.05) is 15.5 Å². The molecule has 4 amide bonds. The maximum Gasteiger partial charge on any atom is 0.416 e. The van der Waals surface area contributed by atoms with Crippen molar-refractivity contribution in [3.8, 4) is 0 Å². The maximum absolute atomic E-state index is 12.8. The summed E-state index contributed by atoms with van der Waals surface area (Å²) in [5.74, 6) is -1.06. The third-order valence-corrected chi connectivity index (χ3v) is 5.32. The van der Waals surface area contributed by atoms with Gasteiger partial charge in [-0.2, -0.15) is 13.2 Å². The Morgan fingerprint density at radius 2 is 1.58 bits per heavy atom. The summed E-state index contributed by atoms with van der Waals surface area (Å²) < 4.78 is 38.5.